The van der Waals surface area contributed by atoms with E-state index in [4.69, 9.17) is 15.3 Å². The molecule has 0 aliphatic rings. The standard InChI is InChI=1S/C23H28N4O2/c1-16(2)29-22-10-6-8-20(13-22)15-28-26-23(24)21-9-5-7-19(12-21)14-27-18(4)11-17(3)25-27/h5-13,16H,14-15H2,1-4H3,(H2,24,26). The number of nitrogens with two attached hydrogens (primary N) is 1. The molecule has 0 saturated heterocycles. The highest BCUT2D eigenvalue weighted by Crippen LogP contribution is 2.16. The van der Waals surface area contributed by atoms with E-state index in [1.165, 1.54) is 0 Å². The van der Waals surface area contributed by atoms with Gasteiger partial charge in [0.25, 0.3) is 0 Å². The molecule has 3 rings (SSSR count). The Bertz CT molecular complexity index is 992. The van der Waals surface area contributed by atoms with Crippen molar-refractivity contribution in [3.05, 3.63) is 82.7 Å². The first-order chi connectivity index (χ1) is 13.9. The van der Waals surface area contributed by atoms with Crippen LogP contribution in [0.15, 0.2) is 59.8 Å². The molecule has 6 nitrogen and oxygen atoms in total. The van der Waals surface area contributed by atoms with Gasteiger partial charge < -0.3 is 15.3 Å². The number of ether oxygens (including phenoxy) is 1. The highest BCUT2D eigenvalue weighted by Gasteiger charge is 2.06. The molecule has 6 heteroatoms. The lowest BCUT2D eigenvalue weighted by molar-refractivity contribution is 0.130. The highest BCUT2D eigenvalue weighted by atomic mass is 16.6. The molecule has 0 aliphatic heterocycles. The van der Waals surface area contributed by atoms with E-state index in [0.29, 0.717) is 19.0 Å². The zero-order valence-corrected chi connectivity index (χ0v) is 17.4. The largest absolute Gasteiger partial charge is 0.491 e. The number of hydrogen-bond donors (Lipinski definition) is 1. The normalized spacial score (nSPS) is 11.7. The number of nitrogens with zero attached hydrogens (tertiary/aromatic N) is 3. The maximum Gasteiger partial charge on any atom is 0.170 e. The minimum absolute atomic E-state index is 0.126. The van der Waals surface area contributed by atoms with Crippen LogP contribution in [0.2, 0.25) is 0 Å². The first kappa shape index (κ1) is 20.5. The van der Waals surface area contributed by atoms with Crippen LogP contribution < -0.4 is 10.5 Å². The Kier molecular flexibility index (Phi) is 6.54. The summed E-state index contributed by atoms with van der Waals surface area (Å²) in [7, 11) is 0. The summed E-state index contributed by atoms with van der Waals surface area (Å²) in [5.41, 5.74) is 11.2. The summed E-state index contributed by atoms with van der Waals surface area (Å²) >= 11 is 0. The number of hydrogen-bond acceptors (Lipinski definition) is 4. The van der Waals surface area contributed by atoms with E-state index in [1.54, 1.807) is 0 Å². The van der Waals surface area contributed by atoms with Crippen LogP contribution in [0, 0.1) is 13.8 Å². The van der Waals surface area contributed by atoms with Crippen molar-refractivity contribution in [3.8, 4) is 5.75 Å². The molecule has 1 aromatic heterocycles. The van der Waals surface area contributed by atoms with Crippen LogP contribution in [0.5, 0.6) is 5.75 Å². The Morgan fingerprint density at radius 2 is 1.83 bits per heavy atom. The van der Waals surface area contributed by atoms with Gasteiger partial charge in [0.1, 0.15) is 12.4 Å². The van der Waals surface area contributed by atoms with Gasteiger partial charge in [-0.05, 0) is 63.1 Å². The lowest BCUT2D eigenvalue weighted by Gasteiger charge is -2.10. The number of oxime groups is 1. The fourth-order valence-corrected chi connectivity index (χ4v) is 3.05. The van der Waals surface area contributed by atoms with Crippen LogP contribution in [0.1, 0.15) is 41.9 Å². The monoisotopic (exact) mass is 392 g/mol. The number of aromatic nitrogens is 2. The molecule has 2 aromatic carbocycles. The van der Waals surface area contributed by atoms with Gasteiger partial charge in [-0.25, -0.2) is 0 Å². The molecule has 0 unspecified atom stereocenters. The van der Waals surface area contributed by atoms with Gasteiger partial charge in [-0.15, -0.1) is 0 Å². The molecule has 0 bridgehead atoms. The smallest absolute Gasteiger partial charge is 0.170 e. The molecule has 0 amide bonds. The van der Waals surface area contributed by atoms with Crippen molar-refractivity contribution in [2.45, 2.75) is 47.0 Å². The van der Waals surface area contributed by atoms with Crippen molar-refractivity contribution in [1.82, 2.24) is 9.78 Å². The van der Waals surface area contributed by atoms with Gasteiger partial charge in [0, 0.05) is 11.3 Å². The van der Waals surface area contributed by atoms with Crippen molar-refractivity contribution < 1.29 is 9.57 Å². The van der Waals surface area contributed by atoms with Crippen LogP contribution in [0.3, 0.4) is 0 Å². The zero-order valence-electron chi connectivity index (χ0n) is 17.4. The number of benzene rings is 2. The Hall–Kier alpha value is -3.28. The van der Waals surface area contributed by atoms with Crippen LogP contribution in [-0.4, -0.2) is 21.7 Å². The SMILES string of the molecule is Cc1cc(C)n(Cc2cccc(/C(N)=N\OCc3cccc(OC(C)C)c3)c2)n1. The lowest BCUT2D eigenvalue weighted by Crippen LogP contribution is -2.14. The van der Waals surface area contributed by atoms with Gasteiger partial charge in [-0.1, -0.05) is 35.5 Å². The summed E-state index contributed by atoms with van der Waals surface area (Å²) in [6.45, 7) is 9.04. The summed E-state index contributed by atoms with van der Waals surface area (Å²) in [6, 6.07) is 17.8. The Labute approximate surface area is 171 Å². The van der Waals surface area contributed by atoms with Crippen molar-refractivity contribution in [2.75, 3.05) is 0 Å². The van der Waals surface area contributed by atoms with Crippen molar-refractivity contribution >= 4 is 5.84 Å². The topological polar surface area (TPSA) is 74.7 Å². The predicted octanol–water partition coefficient (Wildman–Crippen LogP) is 4.17. The minimum Gasteiger partial charge on any atom is -0.491 e. The number of aryl methyl sites for hydroxylation is 2. The maximum atomic E-state index is 6.13. The fraction of sp³-hybridized carbons (Fsp3) is 0.304. The van der Waals surface area contributed by atoms with E-state index in [2.05, 4.69) is 23.2 Å². The third-order valence-corrected chi connectivity index (χ3v) is 4.32. The van der Waals surface area contributed by atoms with Gasteiger partial charge in [-0.2, -0.15) is 5.10 Å². The zero-order chi connectivity index (χ0) is 20.8. The van der Waals surface area contributed by atoms with Crippen molar-refractivity contribution in [2.24, 2.45) is 10.9 Å². The molecule has 3 aromatic rings. The second kappa shape index (κ2) is 9.28. The van der Waals surface area contributed by atoms with Gasteiger partial charge in [0.05, 0.1) is 18.3 Å². The molecule has 152 valence electrons. The van der Waals surface area contributed by atoms with Crippen LogP contribution in [-0.2, 0) is 18.0 Å². The third kappa shape index (κ3) is 5.85. The average molecular weight is 393 g/mol. The Morgan fingerprint density at radius 1 is 1.07 bits per heavy atom. The molecular formula is C23H28N4O2. The molecule has 0 fully saturated rings. The summed E-state index contributed by atoms with van der Waals surface area (Å²) in [5, 5.41) is 8.59. The van der Waals surface area contributed by atoms with E-state index in [0.717, 1.165) is 33.8 Å². The van der Waals surface area contributed by atoms with E-state index >= 15 is 0 Å². The van der Waals surface area contributed by atoms with Crippen molar-refractivity contribution in [1.29, 1.82) is 0 Å². The molecule has 0 aliphatic carbocycles. The van der Waals surface area contributed by atoms with Crippen LogP contribution in [0.25, 0.3) is 0 Å². The van der Waals surface area contributed by atoms with Crippen LogP contribution >= 0.6 is 0 Å². The summed E-state index contributed by atoms with van der Waals surface area (Å²) in [5.74, 6) is 1.16. The molecule has 29 heavy (non-hydrogen) atoms. The second-order valence-electron chi connectivity index (χ2n) is 7.35. The van der Waals surface area contributed by atoms with Gasteiger partial charge in [-0.3, -0.25) is 4.68 Å². The summed E-state index contributed by atoms with van der Waals surface area (Å²) < 4.78 is 7.68. The minimum atomic E-state index is 0.126. The molecule has 0 atom stereocenters. The Balaban J connectivity index is 1.63. The molecule has 0 radical (unpaired) electrons. The third-order valence-electron chi connectivity index (χ3n) is 4.32. The average Bonchev–Trinajstić information content (AvgIpc) is 2.98. The molecule has 1 heterocycles. The number of rotatable bonds is 8. The molecular weight excluding hydrogens is 364 g/mol. The first-order valence-electron chi connectivity index (χ1n) is 9.72. The van der Waals surface area contributed by atoms with E-state index in [1.807, 2.05) is 74.0 Å². The quantitative estimate of drug-likeness (QED) is 0.355. The molecule has 0 spiro atoms. The first-order valence-corrected chi connectivity index (χ1v) is 9.72. The Morgan fingerprint density at radius 3 is 2.55 bits per heavy atom. The lowest BCUT2D eigenvalue weighted by atomic mass is 10.1. The number of amidine groups is 1. The van der Waals surface area contributed by atoms with E-state index in [-0.39, 0.29) is 6.10 Å². The summed E-state index contributed by atoms with van der Waals surface area (Å²) in [4.78, 5) is 5.47. The predicted molar refractivity (Wildman–Crippen MR) is 115 cm³/mol. The van der Waals surface area contributed by atoms with Gasteiger partial charge >= 0.3 is 0 Å². The maximum absolute atomic E-state index is 6.13. The summed E-state index contributed by atoms with van der Waals surface area (Å²) in [6.07, 6.45) is 0.126. The van der Waals surface area contributed by atoms with E-state index in [9.17, 15) is 0 Å². The second-order valence-corrected chi connectivity index (χ2v) is 7.35. The van der Waals surface area contributed by atoms with Gasteiger partial charge in [0.2, 0.25) is 0 Å². The molecule has 0 saturated carbocycles. The fourth-order valence-electron chi connectivity index (χ4n) is 3.05. The molecule has 2 N–H and O–H groups in total. The van der Waals surface area contributed by atoms with Gasteiger partial charge in [0.15, 0.2) is 5.84 Å². The highest BCUT2D eigenvalue weighted by molar-refractivity contribution is 5.97. The van der Waals surface area contributed by atoms with Crippen LogP contribution in [0.4, 0.5) is 0 Å². The van der Waals surface area contributed by atoms with E-state index < -0.39 is 0 Å². The van der Waals surface area contributed by atoms with Crippen molar-refractivity contribution in [3.63, 3.8) is 0 Å².